The molecule has 184 valence electrons. The van der Waals surface area contributed by atoms with Crippen molar-refractivity contribution in [2.24, 2.45) is 5.92 Å². The maximum Gasteiger partial charge on any atom is 0.269 e. The van der Waals surface area contributed by atoms with Crippen molar-refractivity contribution in [3.8, 4) is 0 Å². The molecule has 35 heavy (non-hydrogen) atoms. The van der Waals surface area contributed by atoms with Crippen LogP contribution in [-0.4, -0.2) is 53.5 Å². The Labute approximate surface area is 206 Å². The van der Waals surface area contributed by atoms with Gasteiger partial charge in [0.2, 0.25) is 0 Å². The molecule has 5 heterocycles. The summed E-state index contributed by atoms with van der Waals surface area (Å²) in [5.74, 6) is -2.71. The zero-order valence-electron chi connectivity index (χ0n) is 19.5. The van der Waals surface area contributed by atoms with Gasteiger partial charge in [-0.2, -0.15) is 0 Å². The van der Waals surface area contributed by atoms with E-state index in [1.54, 1.807) is 0 Å². The van der Waals surface area contributed by atoms with E-state index in [2.05, 4.69) is 15.6 Å². The molecule has 2 saturated heterocycles. The largest absolute Gasteiger partial charge is 0.397 e. The van der Waals surface area contributed by atoms with E-state index in [9.17, 15) is 13.6 Å². The Morgan fingerprint density at radius 2 is 2.09 bits per heavy atom. The van der Waals surface area contributed by atoms with Crippen molar-refractivity contribution in [3.63, 3.8) is 0 Å². The Morgan fingerprint density at radius 3 is 2.91 bits per heavy atom. The van der Waals surface area contributed by atoms with Gasteiger partial charge in [0.15, 0.2) is 0 Å². The number of halogens is 2. The molecule has 2 bridgehead atoms. The number of aryl methyl sites for hydroxylation is 2. The summed E-state index contributed by atoms with van der Waals surface area (Å²) in [6, 6.07) is 6.93. The van der Waals surface area contributed by atoms with E-state index in [-0.39, 0.29) is 18.5 Å². The Bertz CT molecular complexity index is 1290. The standard InChI is InChI=1S/C25H28F2N6OS/c1-13-2-5-17-21(28)22(35-24(17)30-13)23(34)31-16-4-6-18-14(10-16)3-7-20(32-18)33-11-15-8-9-29-19(12-33)25(15,26)27/h2-3,5,7,15-16,19,29H,4,6,8-12,28H2,1H3,(H,31,34)/t15-,16-,19+/m0/s1. The van der Waals surface area contributed by atoms with E-state index in [0.717, 1.165) is 45.8 Å². The molecule has 0 radical (unpaired) electrons. The first-order valence-electron chi connectivity index (χ1n) is 12.1. The number of thiophene rings is 1. The quantitative estimate of drug-likeness (QED) is 0.513. The van der Waals surface area contributed by atoms with Crippen molar-refractivity contribution in [1.82, 2.24) is 20.6 Å². The number of rotatable bonds is 3. The number of carbonyl (C=O) groups is 1. The molecule has 0 aromatic carbocycles. The van der Waals surface area contributed by atoms with E-state index < -0.39 is 17.9 Å². The lowest BCUT2D eigenvalue weighted by atomic mass is 9.84. The molecule has 10 heteroatoms. The van der Waals surface area contributed by atoms with Crippen LogP contribution in [0.4, 0.5) is 20.3 Å². The van der Waals surface area contributed by atoms with Gasteiger partial charge < -0.3 is 21.3 Å². The van der Waals surface area contributed by atoms with E-state index >= 15 is 0 Å². The van der Waals surface area contributed by atoms with Crippen LogP contribution in [-0.2, 0) is 12.8 Å². The lowest BCUT2D eigenvalue weighted by molar-refractivity contribution is -0.115. The van der Waals surface area contributed by atoms with Crippen molar-refractivity contribution in [1.29, 1.82) is 0 Å². The number of hydrogen-bond donors (Lipinski definition) is 3. The number of hydrogen-bond acceptors (Lipinski definition) is 7. The summed E-state index contributed by atoms with van der Waals surface area (Å²) in [5, 5.41) is 6.94. The van der Waals surface area contributed by atoms with Gasteiger partial charge in [0, 0.05) is 41.8 Å². The number of pyridine rings is 2. The molecule has 0 unspecified atom stereocenters. The molecule has 2 aliphatic heterocycles. The lowest BCUT2D eigenvalue weighted by Crippen LogP contribution is -2.66. The SMILES string of the molecule is Cc1ccc2c(N)c(C(=O)N[C@H]3CCc4nc(N5C[C@@H]6CCN[C@H](C5)C6(F)F)ccc4C3)sc2n1. The predicted octanol–water partition coefficient (Wildman–Crippen LogP) is 3.30. The number of alkyl halides is 2. The average molecular weight is 499 g/mol. The van der Waals surface area contributed by atoms with E-state index in [1.807, 2.05) is 36.1 Å². The summed E-state index contributed by atoms with van der Waals surface area (Å²) < 4.78 is 29.0. The first-order valence-corrected chi connectivity index (χ1v) is 12.9. The van der Waals surface area contributed by atoms with Crippen LogP contribution in [0, 0.1) is 12.8 Å². The van der Waals surface area contributed by atoms with Crippen molar-refractivity contribution in [2.75, 3.05) is 30.3 Å². The van der Waals surface area contributed by atoms with Crippen molar-refractivity contribution >= 4 is 39.0 Å². The van der Waals surface area contributed by atoms with E-state index in [4.69, 9.17) is 10.7 Å². The third kappa shape index (κ3) is 3.92. The normalized spacial score (nSPS) is 25.3. The van der Waals surface area contributed by atoms with Gasteiger partial charge in [-0.05, 0) is 62.9 Å². The molecule has 4 N–H and O–H groups in total. The highest BCUT2D eigenvalue weighted by atomic mass is 32.1. The van der Waals surface area contributed by atoms with Crippen LogP contribution in [0.5, 0.6) is 0 Å². The van der Waals surface area contributed by atoms with Gasteiger partial charge in [-0.15, -0.1) is 11.3 Å². The van der Waals surface area contributed by atoms with Gasteiger partial charge in [-0.25, -0.2) is 18.7 Å². The monoisotopic (exact) mass is 498 g/mol. The molecule has 3 aromatic heterocycles. The van der Waals surface area contributed by atoms with Crippen LogP contribution in [0.1, 0.15) is 39.5 Å². The fourth-order valence-electron chi connectivity index (χ4n) is 5.60. The van der Waals surface area contributed by atoms with Crippen LogP contribution < -0.4 is 21.3 Å². The number of nitrogen functional groups attached to an aromatic ring is 1. The molecule has 3 aliphatic rings. The molecule has 0 spiro atoms. The van der Waals surface area contributed by atoms with Gasteiger partial charge in [0.25, 0.3) is 11.8 Å². The zero-order chi connectivity index (χ0) is 24.3. The van der Waals surface area contributed by atoms with Crippen molar-refractivity contribution in [3.05, 3.63) is 46.1 Å². The average Bonchev–Trinajstić information content (AvgIpc) is 3.13. The van der Waals surface area contributed by atoms with Crippen LogP contribution in [0.15, 0.2) is 24.3 Å². The van der Waals surface area contributed by atoms with E-state index in [0.29, 0.717) is 36.5 Å². The van der Waals surface area contributed by atoms with Gasteiger partial charge in [-0.1, -0.05) is 6.07 Å². The molecule has 6 rings (SSSR count). The highest BCUT2D eigenvalue weighted by Gasteiger charge is 2.53. The summed E-state index contributed by atoms with van der Waals surface area (Å²) in [7, 11) is 0. The Balaban J connectivity index is 1.15. The summed E-state index contributed by atoms with van der Waals surface area (Å²) in [6.07, 6.45) is 2.65. The molecule has 3 aromatic rings. The fourth-order valence-corrected chi connectivity index (χ4v) is 6.64. The third-order valence-corrected chi connectivity index (χ3v) is 8.70. The number of fused-ring (bicyclic) bond motifs is 4. The lowest BCUT2D eigenvalue weighted by Gasteiger charge is -2.47. The minimum atomic E-state index is -2.67. The molecule has 7 nitrogen and oxygen atoms in total. The molecule has 1 aliphatic carbocycles. The molecule has 3 atom stereocenters. The Hall–Kier alpha value is -2.85. The first kappa shape index (κ1) is 22.6. The summed E-state index contributed by atoms with van der Waals surface area (Å²) >= 11 is 1.32. The second kappa shape index (κ2) is 8.37. The molecule has 1 amide bonds. The highest BCUT2D eigenvalue weighted by molar-refractivity contribution is 7.21. The van der Waals surface area contributed by atoms with Crippen LogP contribution in [0.3, 0.4) is 0 Å². The summed E-state index contributed by atoms with van der Waals surface area (Å²) in [5.41, 5.74) is 9.70. The fraction of sp³-hybridized carbons (Fsp3) is 0.480. The minimum Gasteiger partial charge on any atom is -0.397 e. The smallest absolute Gasteiger partial charge is 0.269 e. The van der Waals surface area contributed by atoms with Crippen LogP contribution in [0.2, 0.25) is 0 Å². The Kier molecular flexibility index (Phi) is 5.41. The molecule has 2 fully saturated rings. The number of amides is 1. The number of anilines is 2. The second-order valence-electron chi connectivity index (χ2n) is 9.91. The van der Waals surface area contributed by atoms with Crippen LogP contribution in [0.25, 0.3) is 10.2 Å². The topological polar surface area (TPSA) is 96.2 Å². The highest BCUT2D eigenvalue weighted by Crippen LogP contribution is 2.40. The Morgan fingerprint density at radius 1 is 1.23 bits per heavy atom. The molecule has 0 saturated carbocycles. The van der Waals surface area contributed by atoms with Crippen molar-refractivity contribution in [2.45, 2.75) is 50.6 Å². The predicted molar refractivity (Wildman–Crippen MR) is 133 cm³/mol. The first-order chi connectivity index (χ1) is 16.8. The number of nitrogens with one attached hydrogen (secondary N) is 2. The number of aromatic nitrogens is 2. The van der Waals surface area contributed by atoms with Crippen LogP contribution >= 0.6 is 11.3 Å². The van der Waals surface area contributed by atoms with Gasteiger partial charge in [0.05, 0.1) is 11.7 Å². The minimum absolute atomic E-state index is 0.0146. The van der Waals surface area contributed by atoms with Gasteiger partial charge in [-0.3, -0.25) is 4.79 Å². The van der Waals surface area contributed by atoms with Gasteiger partial charge in [0.1, 0.15) is 15.5 Å². The van der Waals surface area contributed by atoms with E-state index in [1.165, 1.54) is 11.3 Å². The molecular formula is C25H28F2N6OS. The second-order valence-corrected chi connectivity index (χ2v) is 10.9. The zero-order valence-corrected chi connectivity index (χ0v) is 20.3. The summed E-state index contributed by atoms with van der Waals surface area (Å²) in [6.45, 7) is 3.16. The number of nitrogens with zero attached hydrogens (tertiary/aromatic N) is 3. The number of nitrogens with two attached hydrogens (primary N) is 1. The maximum atomic E-state index is 14.5. The summed E-state index contributed by atoms with van der Waals surface area (Å²) in [4.78, 5) is 25.6. The third-order valence-electron chi connectivity index (χ3n) is 7.58. The number of piperidine rings is 2. The number of carbonyl (C=O) groups excluding carboxylic acids is 1. The molecular weight excluding hydrogens is 470 g/mol. The van der Waals surface area contributed by atoms with Crippen molar-refractivity contribution < 1.29 is 13.6 Å². The maximum absolute atomic E-state index is 14.5. The van der Waals surface area contributed by atoms with Gasteiger partial charge >= 0.3 is 0 Å².